The van der Waals surface area contributed by atoms with E-state index >= 15 is 0 Å². The first kappa shape index (κ1) is 7.07. The van der Waals surface area contributed by atoms with Gasteiger partial charge in [0.15, 0.2) is 0 Å². The van der Waals surface area contributed by atoms with E-state index in [4.69, 9.17) is 5.11 Å². The third-order valence-corrected chi connectivity index (χ3v) is 0.927. The zero-order valence-corrected chi connectivity index (χ0v) is 3.35. The topological polar surface area (TPSA) is 37.3 Å². The molecule has 0 spiro atoms. The minimum absolute atomic E-state index is 0. The van der Waals surface area contributed by atoms with Gasteiger partial charge in [-0.05, 0) is 12.8 Å². The van der Waals surface area contributed by atoms with Crippen LogP contribution in [0.1, 0.15) is 12.8 Å². The Morgan fingerprint density at radius 3 is 2.00 bits per heavy atom. The van der Waals surface area contributed by atoms with Crippen molar-refractivity contribution in [3.05, 3.63) is 0 Å². The van der Waals surface area contributed by atoms with Gasteiger partial charge in [-0.2, -0.15) is 0 Å². The average molecular weight is 94.0 g/mol. The molecule has 0 heterocycles. The van der Waals surface area contributed by atoms with Crippen LogP contribution >= 0.6 is 0 Å². The molecule has 0 aromatic heterocycles. The molecule has 1 fully saturated rings. The van der Waals surface area contributed by atoms with E-state index in [1.165, 1.54) is 0 Å². The molecule has 0 aromatic carbocycles. The maximum atomic E-state index is 9.76. The Balaban J connectivity index is 0.000000360. The molecule has 1 N–H and O–H groups in total. The molecule has 0 saturated heterocycles. The summed E-state index contributed by atoms with van der Waals surface area (Å²) in [6, 6.07) is 0. The van der Waals surface area contributed by atoms with Crippen LogP contribution < -0.4 is 0 Å². The maximum absolute atomic E-state index is 9.76. The molecule has 0 aliphatic heterocycles. The molecule has 1 aliphatic carbocycles. The molecule has 0 amide bonds. The van der Waals surface area contributed by atoms with Crippen LogP contribution in [0.25, 0.3) is 0 Å². The molecule has 1 rings (SSSR count). The fraction of sp³-hybridized carbons (Fsp3) is 0.750. The second-order valence-electron chi connectivity index (χ2n) is 1.61. The Bertz CT molecular complexity index is 77.8. The van der Waals surface area contributed by atoms with Crippen molar-refractivity contribution in [3.63, 3.8) is 0 Å². The van der Waals surface area contributed by atoms with E-state index in [1.54, 1.807) is 0 Å². The Morgan fingerprint density at radius 2 is 2.00 bits per heavy atom. The van der Waals surface area contributed by atoms with Crippen molar-refractivity contribution in [3.8, 4) is 0 Å². The molecule has 7 heavy (non-hydrogen) atoms. The van der Waals surface area contributed by atoms with Crippen molar-refractivity contribution in [2.75, 3.05) is 0 Å². The number of carboxylic acid groups (broad SMARTS) is 1. The second-order valence-corrected chi connectivity index (χ2v) is 1.61. The summed E-state index contributed by atoms with van der Waals surface area (Å²) in [5.41, 5.74) is 0. The van der Waals surface area contributed by atoms with Gasteiger partial charge in [0.25, 0.3) is 0 Å². The third kappa shape index (κ3) is 2.01. The number of hydrogen-bond donors (Lipinski definition) is 1. The summed E-state index contributed by atoms with van der Waals surface area (Å²) in [5.74, 6) is -0.611. The number of rotatable bonds is 1. The number of carboxylic acids is 1. The van der Waals surface area contributed by atoms with E-state index in [2.05, 4.69) is 0 Å². The van der Waals surface area contributed by atoms with E-state index in [0.29, 0.717) is 0 Å². The summed E-state index contributed by atoms with van der Waals surface area (Å²) in [7, 11) is 0. The van der Waals surface area contributed by atoms with Gasteiger partial charge in [-0.3, -0.25) is 4.79 Å². The van der Waals surface area contributed by atoms with Crippen molar-refractivity contribution in [2.45, 2.75) is 12.8 Å². The first-order valence-corrected chi connectivity index (χ1v) is 2.03. The third-order valence-electron chi connectivity index (χ3n) is 0.927. The fourth-order valence-electron chi connectivity index (χ4n) is 0.330. The molecule has 1 saturated carbocycles. The quantitative estimate of drug-likeness (QED) is 0.458. The van der Waals surface area contributed by atoms with Crippen LogP contribution in [-0.2, 0) is 4.79 Å². The molecule has 3 heteroatoms. The minimum atomic E-state index is -0.630. The van der Waals surface area contributed by atoms with E-state index in [-0.39, 0.29) is 24.8 Å². The summed E-state index contributed by atoms with van der Waals surface area (Å²) >= 11 is 0. The van der Waals surface area contributed by atoms with Crippen LogP contribution in [0.15, 0.2) is 0 Å². The van der Waals surface area contributed by atoms with Crippen molar-refractivity contribution < 1.29 is 9.90 Å². The monoisotopic (exact) mass is 94.1 g/mol. The molecular weight excluding hydrogens is 87.0 g/mol. The summed E-state index contributed by atoms with van der Waals surface area (Å²) in [6.45, 7) is 0. The second kappa shape index (κ2) is 2.39. The standard InChI is InChI=1S/C4H6O2.Li.H/c5-4(6)3-1-2-3;;/h3H,1-2H2,(H,5,6);;. The summed E-state index contributed by atoms with van der Waals surface area (Å²) in [6.07, 6.45) is 1.80. The van der Waals surface area contributed by atoms with Crippen molar-refractivity contribution >= 4 is 24.8 Å². The van der Waals surface area contributed by atoms with Gasteiger partial charge in [-0.25, -0.2) is 0 Å². The van der Waals surface area contributed by atoms with Crippen LogP contribution in [0.3, 0.4) is 0 Å². The predicted octanol–water partition coefficient (Wildman–Crippen LogP) is -0.167. The summed E-state index contributed by atoms with van der Waals surface area (Å²) in [5, 5.41) is 8.05. The van der Waals surface area contributed by atoms with Crippen LogP contribution in [0.2, 0.25) is 0 Å². The van der Waals surface area contributed by atoms with Crippen molar-refractivity contribution in [1.29, 1.82) is 0 Å². The Labute approximate surface area is 54.1 Å². The van der Waals surface area contributed by atoms with Gasteiger partial charge < -0.3 is 5.11 Å². The predicted molar refractivity (Wildman–Crippen MR) is 27.5 cm³/mol. The summed E-state index contributed by atoms with van der Waals surface area (Å²) < 4.78 is 0. The van der Waals surface area contributed by atoms with Crippen LogP contribution in [0, 0.1) is 5.92 Å². The van der Waals surface area contributed by atoms with Gasteiger partial charge in [0.05, 0.1) is 5.92 Å². The zero-order chi connectivity index (χ0) is 4.57. The number of hydrogen-bond acceptors (Lipinski definition) is 1. The molecular formula is C4H7LiO2. The van der Waals surface area contributed by atoms with Crippen LogP contribution in [0.5, 0.6) is 0 Å². The van der Waals surface area contributed by atoms with Gasteiger partial charge in [0.2, 0.25) is 0 Å². The molecule has 0 bridgehead atoms. The molecule has 1 aliphatic rings. The Hall–Kier alpha value is 0.0674. The van der Waals surface area contributed by atoms with E-state index in [1.807, 2.05) is 0 Å². The van der Waals surface area contributed by atoms with Gasteiger partial charge >= 0.3 is 24.8 Å². The van der Waals surface area contributed by atoms with Crippen molar-refractivity contribution in [2.24, 2.45) is 5.92 Å². The number of carbonyl (C=O) groups is 1. The molecule has 0 radical (unpaired) electrons. The van der Waals surface area contributed by atoms with E-state index in [0.717, 1.165) is 12.8 Å². The van der Waals surface area contributed by atoms with Crippen LogP contribution in [-0.4, -0.2) is 29.9 Å². The SMILES string of the molecule is O=C(O)C1CC1.[LiH]. The first-order valence-electron chi connectivity index (χ1n) is 2.03. The molecule has 0 unspecified atom stereocenters. The molecule has 0 atom stereocenters. The normalized spacial score (nSPS) is 17.7. The van der Waals surface area contributed by atoms with E-state index in [9.17, 15) is 4.79 Å². The fourth-order valence-corrected chi connectivity index (χ4v) is 0.330. The van der Waals surface area contributed by atoms with Gasteiger partial charge in [-0.15, -0.1) is 0 Å². The molecule has 2 nitrogen and oxygen atoms in total. The van der Waals surface area contributed by atoms with Gasteiger partial charge in [-0.1, -0.05) is 0 Å². The van der Waals surface area contributed by atoms with Gasteiger partial charge in [0, 0.05) is 0 Å². The van der Waals surface area contributed by atoms with E-state index < -0.39 is 5.97 Å². The van der Waals surface area contributed by atoms with Gasteiger partial charge in [0.1, 0.15) is 0 Å². The molecule has 36 valence electrons. The number of aliphatic carboxylic acids is 1. The molecule has 0 aromatic rings. The Morgan fingerprint density at radius 1 is 1.57 bits per heavy atom. The van der Waals surface area contributed by atoms with Crippen molar-refractivity contribution in [1.82, 2.24) is 0 Å². The first-order chi connectivity index (χ1) is 2.80. The van der Waals surface area contributed by atoms with Crippen LogP contribution in [0.4, 0.5) is 0 Å². The Kier molecular flexibility index (Phi) is 2.42. The average Bonchev–Trinajstić information content (AvgIpc) is 2.06. The summed E-state index contributed by atoms with van der Waals surface area (Å²) in [4.78, 5) is 9.76. The zero-order valence-electron chi connectivity index (χ0n) is 3.35.